The van der Waals surface area contributed by atoms with Crippen molar-refractivity contribution in [3.63, 3.8) is 0 Å². The molecule has 0 radical (unpaired) electrons. The first-order chi connectivity index (χ1) is 23.8. The molecule has 224 valence electrons. The second-order valence-electron chi connectivity index (χ2n) is 12.5. The largest absolute Gasteiger partial charge is 0.309 e. The van der Waals surface area contributed by atoms with Gasteiger partial charge in [0.15, 0.2) is 0 Å². The first-order valence-corrected chi connectivity index (χ1v) is 17.3. The number of hydrogen-bond acceptors (Lipinski definition) is 2. The normalized spacial score (nSPS) is 11.8. The highest BCUT2D eigenvalue weighted by Crippen LogP contribution is 2.47. The van der Waals surface area contributed by atoms with Gasteiger partial charge in [-0.3, -0.25) is 0 Å². The van der Waals surface area contributed by atoms with Crippen LogP contribution in [0.25, 0.3) is 74.4 Å². The summed E-state index contributed by atoms with van der Waals surface area (Å²) in [7, 11) is 0. The number of thiophene rings is 1. The molecule has 48 heavy (non-hydrogen) atoms. The van der Waals surface area contributed by atoms with Crippen molar-refractivity contribution in [3.8, 4) is 11.1 Å². The van der Waals surface area contributed by atoms with Crippen molar-refractivity contribution in [3.05, 3.63) is 176 Å². The maximum Gasteiger partial charge on any atom is 0.0546 e. The van der Waals surface area contributed by atoms with Crippen molar-refractivity contribution < 1.29 is 0 Å². The molecule has 9 aromatic carbocycles. The fourth-order valence-corrected chi connectivity index (χ4v) is 8.78. The predicted molar refractivity (Wildman–Crippen MR) is 209 cm³/mol. The summed E-state index contributed by atoms with van der Waals surface area (Å²) in [4.78, 5) is 2.48. The molecule has 2 heteroatoms. The third kappa shape index (κ3) is 4.17. The number of anilines is 3. The van der Waals surface area contributed by atoms with Gasteiger partial charge in [0.25, 0.3) is 0 Å². The molecule has 10 rings (SSSR count). The molecular formula is C46H29NS. The maximum absolute atomic E-state index is 2.48. The first kappa shape index (κ1) is 27.2. The molecule has 0 aliphatic heterocycles. The van der Waals surface area contributed by atoms with Crippen LogP contribution in [0.2, 0.25) is 0 Å². The van der Waals surface area contributed by atoms with E-state index in [2.05, 4.69) is 181 Å². The highest BCUT2D eigenvalue weighted by atomic mass is 32.1. The molecule has 0 fully saturated rings. The van der Waals surface area contributed by atoms with Crippen LogP contribution in [0.5, 0.6) is 0 Å². The van der Waals surface area contributed by atoms with Crippen LogP contribution in [-0.2, 0) is 0 Å². The van der Waals surface area contributed by atoms with Crippen LogP contribution in [0.4, 0.5) is 17.1 Å². The van der Waals surface area contributed by atoms with Gasteiger partial charge in [0, 0.05) is 36.8 Å². The Morgan fingerprint density at radius 2 is 1.02 bits per heavy atom. The molecule has 1 nitrogen and oxygen atoms in total. The van der Waals surface area contributed by atoms with E-state index in [9.17, 15) is 0 Å². The lowest BCUT2D eigenvalue weighted by Crippen LogP contribution is -2.12. The fraction of sp³-hybridized carbons (Fsp3) is 0. The van der Waals surface area contributed by atoms with Gasteiger partial charge in [-0.05, 0) is 79.7 Å². The highest BCUT2D eigenvalue weighted by molar-refractivity contribution is 7.26. The molecule has 0 unspecified atom stereocenters. The Hall–Kier alpha value is -5.96. The molecular weight excluding hydrogens is 599 g/mol. The molecule has 0 N–H and O–H groups in total. The van der Waals surface area contributed by atoms with Crippen LogP contribution in [0.15, 0.2) is 176 Å². The zero-order valence-corrected chi connectivity index (χ0v) is 26.9. The molecule has 1 heterocycles. The van der Waals surface area contributed by atoms with Crippen molar-refractivity contribution in [1.82, 2.24) is 0 Å². The number of fused-ring (bicyclic) bond motifs is 10. The Labute approximate surface area is 282 Å². The Kier molecular flexibility index (Phi) is 6.12. The number of benzene rings is 9. The van der Waals surface area contributed by atoms with Gasteiger partial charge >= 0.3 is 0 Å². The van der Waals surface area contributed by atoms with Gasteiger partial charge in [0.05, 0.1) is 11.4 Å². The summed E-state index contributed by atoms with van der Waals surface area (Å²) in [6.45, 7) is 0. The Morgan fingerprint density at radius 1 is 0.354 bits per heavy atom. The monoisotopic (exact) mass is 627 g/mol. The Balaban J connectivity index is 1.30. The lowest BCUT2D eigenvalue weighted by Gasteiger charge is -2.30. The average Bonchev–Trinajstić information content (AvgIpc) is 3.54. The van der Waals surface area contributed by atoms with Crippen molar-refractivity contribution in [2.75, 3.05) is 4.90 Å². The SMILES string of the molecule is c1ccc(-c2ccccc2N(c2ccc3c(ccc4sc5ccccc5c43)c2)c2cc3ccc4ccccc4c3c3ccccc23)cc1. The number of nitrogens with zero attached hydrogens (tertiary/aromatic N) is 1. The van der Waals surface area contributed by atoms with E-state index in [4.69, 9.17) is 0 Å². The lowest BCUT2D eigenvalue weighted by atomic mass is 9.94. The van der Waals surface area contributed by atoms with Crippen LogP contribution in [0, 0.1) is 0 Å². The zero-order chi connectivity index (χ0) is 31.6. The Bertz CT molecular complexity index is 2850. The van der Waals surface area contributed by atoms with Crippen LogP contribution in [0.1, 0.15) is 0 Å². The minimum atomic E-state index is 1.13. The van der Waals surface area contributed by atoms with E-state index in [0.29, 0.717) is 0 Å². The molecule has 0 saturated heterocycles. The summed E-state index contributed by atoms with van der Waals surface area (Å²) in [5.41, 5.74) is 5.84. The van der Waals surface area contributed by atoms with Crippen molar-refractivity contribution in [1.29, 1.82) is 0 Å². The van der Waals surface area contributed by atoms with Gasteiger partial charge in [-0.1, -0.05) is 140 Å². The van der Waals surface area contributed by atoms with Crippen molar-refractivity contribution in [2.45, 2.75) is 0 Å². The zero-order valence-electron chi connectivity index (χ0n) is 26.1. The lowest BCUT2D eigenvalue weighted by molar-refractivity contribution is 1.31. The van der Waals surface area contributed by atoms with Crippen molar-refractivity contribution in [2.24, 2.45) is 0 Å². The summed E-state index contributed by atoms with van der Waals surface area (Å²) in [6, 6.07) is 64.5. The Morgan fingerprint density at radius 3 is 1.92 bits per heavy atom. The summed E-state index contributed by atoms with van der Waals surface area (Å²) in [5, 5.41) is 12.8. The second kappa shape index (κ2) is 10.8. The molecule has 0 aliphatic carbocycles. The van der Waals surface area contributed by atoms with Gasteiger partial charge in [0.1, 0.15) is 0 Å². The molecule has 0 aliphatic rings. The van der Waals surface area contributed by atoms with Gasteiger partial charge in [-0.15, -0.1) is 11.3 Å². The van der Waals surface area contributed by atoms with E-state index in [0.717, 1.165) is 17.1 Å². The smallest absolute Gasteiger partial charge is 0.0546 e. The molecule has 10 aromatic rings. The molecule has 0 spiro atoms. The molecule has 0 atom stereocenters. The van der Waals surface area contributed by atoms with Crippen LogP contribution >= 0.6 is 11.3 Å². The number of para-hydroxylation sites is 1. The fourth-order valence-electron chi connectivity index (χ4n) is 7.66. The predicted octanol–water partition coefficient (Wildman–Crippen LogP) is 13.8. The standard InChI is InChI=1S/C46H29NS/c1-2-12-30(13-3-1)35-15-8-10-20-41(35)47(34-25-26-37-32(28-34)24-27-44-46(37)40-19-9-11-21-43(40)48-44)42-29-33-23-22-31-14-4-5-16-36(31)45(33)39-18-7-6-17-38(39)42/h1-29H. The maximum atomic E-state index is 2.48. The van der Waals surface area contributed by atoms with E-state index < -0.39 is 0 Å². The van der Waals surface area contributed by atoms with Gasteiger partial charge in [-0.2, -0.15) is 0 Å². The first-order valence-electron chi connectivity index (χ1n) is 16.4. The number of hydrogen-bond donors (Lipinski definition) is 0. The molecule has 0 saturated carbocycles. The highest BCUT2D eigenvalue weighted by Gasteiger charge is 2.21. The average molecular weight is 628 g/mol. The van der Waals surface area contributed by atoms with Crippen LogP contribution in [-0.4, -0.2) is 0 Å². The van der Waals surface area contributed by atoms with E-state index in [1.807, 2.05) is 11.3 Å². The van der Waals surface area contributed by atoms with Crippen LogP contribution < -0.4 is 4.90 Å². The third-order valence-electron chi connectivity index (χ3n) is 9.80. The summed E-state index contributed by atoms with van der Waals surface area (Å²) in [5.74, 6) is 0. The van der Waals surface area contributed by atoms with Crippen molar-refractivity contribution >= 4 is 91.7 Å². The number of rotatable bonds is 4. The van der Waals surface area contributed by atoms with Gasteiger partial charge in [0.2, 0.25) is 0 Å². The molecule has 0 amide bonds. The van der Waals surface area contributed by atoms with E-state index in [-0.39, 0.29) is 0 Å². The van der Waals surface area contributed by atoms with Gasteiger partial charge in [-0.25, -0.2) is 0 Å². The minimum Gasteiger partial charge on any atom is -0.309 e. The third-order valence-corrected chi connectivity index (χ3v) is 10.9. The quantitative estimate of drug-likeness (QED) is 0.176. The second-order valence-corrected chi connectivity index (χ2v) is 13.6. The summed E-state index contributed by atoms with van der Waals surface area (Å²) < 4.78 is 2.66. The van der Waals surface area contributed by atoms with E-state index in [1.54, 1.807) is 0 Å². The topological polar surface area (TPSA) is 3.24 Å². The summed E-state index contributed by atoms with van der Waals surface area (Å²) >= 11 is 1.87. The van der Waals surface area contributed by atoms with Crippen LogP contribution in [0.3, 0.4) is 0 Å². The van der Waals surface area contributed by atoms with E-state index >= 15 is 0 Å². The molecule has 0 bridgehead atoms. The van der Waals surface area contributed by atoms with Gasteiger partial charge < -0.3 is 4.90 Å². The minimum absolute atomic E-state index is 1.13. The van der Waals surface area contributed by atoms with E-state index in [1.165, 1.54) is 74.4 Å². The molecule has 1 aromatic heterocycles. The summed E-state index contributed by atoms with van der Waals surface area (Å²) in [6.07, 6.45) is 0.